The molecule has 0 spiro atoms. The zero-order valence-electron chi connectivity index (χ0n) is 8.27. The van der Waals surface area contributed by atoms with E-state index in [1.165, 1.54) is 0 Å². The summed E-state index contributed by atoms with van der Waals surface area (Å²) in [6.45, 7) is 1.84. The largest absolute Gasteiger partial charge is 0.383 e. The van der Waals surface area contributed by atoms with Gasteiger partial charge in [-0.25, -0.2) is 0 Å². The smallest absolute Gasteiger partial charge is 0.108 e. The molecule has 3 N–H and O–H groups in total. The summed E-state index contributed by atoms with van der Waals surface area (Å²) in [5, 5.41) is 10.4. The molecule has 2 nitrogen and oxygen atoms in total. The topological polar surface area (TPSA) is 46.2 Å². The van der Waals surface area contributed by atoms with E-state index in [1.807, 2.05) is 43.3 Å². The third-order valence-electron chi connectivity index (χ3n) is 2.91. The molecule has 0 radical (unpaired) electrons. The first-order chi connectivity index (χ1) is 6.64. The number of benzene rings is 1. The Balaban J connectivity index is 2.56. The van der Waals surface area contributed by atoms with Gasteiger partial charge in [0, 0.05) is 12.5 Å². The van der Waals surface area contributed by atoms with Gasteiger partial charge in [-0.1, -0.05) is 36.4 Å². The highest BCUT2D eigenvalue weighted by atomic mass is 16.3. The highest BCUT2D eigenvalue weighted by Crippen LogP contribution is 2.35. The molecule has 0 heterocycles. The lowest BCUT2D eigenvalue weighted by Gasteiger charge is -2.35. The zero-order valence-corrected chi connectivity index (χ0v) is 8.27. The second-order valence-corrected chi connectivity index (χ2v) is 3.91. The Morgan fingerprint density at radius 3 is 2.86 bits per heavy atom. The second-order valence-electron chi connectivity index (χ2n) is 3.91. The molecule has 0 saturated carbocycles. The Morgan fingerprint density at radius 1 is 1.43 bits per heavy atom. The Hall–Kier alpha value is -1.12. The molecule has 2 rings (SSSR count). The van der Waals surface area contributed by atoms with Crippen LogP contribution >= 0.6 is 0 Å². The van der Waals surface area contributed by atoms with E-state index >= 15 is 0 Å². The third-order valence-corrected chi connectivity index (χ3v) is 2.91. The van der Waals surface area contributed by atoms with Gasteiger partial charge in [0.05, 0.1) is 0 Å². The number of fused-ring (bicyclic) bond motifs is 1. The molecule has 0 saturated heterocycles. The minimum absolute atomic E-state index is 0.256. The molecule has 0 aliphatic heterocycles. The fourth-order valence-electron chi connectivity index (χ4n) is 1.94. The fourth-order valence-corrected chi connectivity index (χ4v) is 1.94. The van der Waals surface area contributed by atoms with Crippen LogP contribution in [-0.2, 0) is 5.60 Å². The first-order valence-electron chi connectivity index (χ1n) is 4.88. The average molecular weight is 189 g/mol. The zero-order chi connectivity index (χ0) is 10.2. The second kappa shape index (κ2) is 3.23. The first-order valence-corrected chi connectivity index (χ1v) is 4.88. The Kier molecular flexibility index (Phi) is 2.17. The summed E-state index contributed by atoms with van der Waals surface area (Å²) >= 11 is 0. The van der Waals surface area contributed by atoms with Crippen molar-refractivity contribution in [1.82, 2.24) is 0 Å². The summed E-state index contributed by atoms with van der Waals surface area (Å²) in [7, 11) is 0. The van der Waals surface area contributed by atoms with Crippen molar-refractivity contribution in [3.8, 4) is 0 Å². The molecule has 0 aromatic heterocycles. The van der Waals surface area contributed by atoms with Crippen molar-refractivity contribution >= 4 is 6.08 Å². The number of hydrogen-bond donors (Lipinski definition) is 2. The number of rotatable bonds is 1. The van der Waals surface area contributed by atoms with Crippen LogP contribution in [0.3, 0.4) is 0 Å². The lowest BCUT2D eigenvalue weighted by molar-refractivity contribution is 0.0168. The number of hydrogen-bond acceptors (Lipinski definition) is 2. The van der Waals surface area contributed by atoms with Gasteiger partial charge in [-0.3, -0.25) is 0 Å². The van der Waals surface area contributed by atoms with Crippen LogP contribution in [0.1, 0.15) is 24.5 Å². The summed E-state index contributed by atoms with van der Waals surface area (Å²) in [5.41, 5.74) is 6.95. The van der Waals surface area contributed by atoms with E-state index in [4.69, 9.17) is 5.73 Å². The van der Waals surface area contributed by atoms with Gasteiger partial charge in [0.15, 0.2) is 0 Å². The molecule has 1 aliphatic carbocycles. The average Bonchev–Trinajstić information content (AvgIpc) is 2.18. The van der Waals surface area contributed by atoms with Crippen molar-refractivity contribution in [2.24, 2.45) is 5.73 Å². The van der Waals surface area contributed by atoms with Crippen molar-refractivity contribution in [2.45, 2.75) is 25.0 Å². The molecular formula is C12H15NO. The molecule has 2 heteroatoms. The number of aliphatic hydroxyl groups is 1. The molecule has 0 unspecified atom stereocenters. The van der Waals surface area contributed by atoms with E-state index in [0.717, 1.165) is 11.1 Å². The van der Waals surface area contributed by atoms with Crippen LogP contribution < -0.4 is 5.73 Å². The van der Waals surface area contributed by atoms with Gasteiger partial charge in [-0.15, -0.1) is 0 Å². The highest BCUT2D eigenvalue weighted by Gasteiger charge is 2.35. The fraction of sp³-hybridized carbons (Fsp3) is 0.333. The van der Waals surface area contributed by atoms with Gasteiger partial charge in [-0.05, 0) is 18.1 Å². The summed E-state index contributed by atoms with van der Waals surface area (Å²) in [5.74, 6) is 0. The van der Waals surface area contributed by atoms with Crippen LogP contribution in [0.4, 0.5) is 0 Å². The van der Waals surface area contributed by atoms with Gasteiger partial charge in [-0.2, -0.15) is 0 Å². The van der Waals surface area contributed by atoms with E-state index in [-0.39, 0.29) is 6.04 Å². The maximum atomic E-state index is 10.4. The van der Waals surface area contributed by atoms with Crippen LogP contribution in [0.2, 0.25) is 0 Å². The first kappa shape index (κ1) is 9.44. The van der Waals surface area contributed by atoms with Gasteiger partial charge < -0.3 is 10.8 Å². The van der Waals surface area contributed by atoms with Crippen molar-refractivity contribution in [2.75, 3.05) is 0 Å². The van der Waals surface area contributed by atoms with Gasteiger partial charge >= 0.3 is 0 Å². The highest BCUT2D eigenvalue weighted by molar-refractivity contribution is 5.58. The Labute approximate surface area is 84.1 Å². The molecule has 1 aliphatic rings. The molecule has 1 aromatic carbocycles. The minimum atomic E-state index is -0.897. The van der Waals surface area contributed by atoms with Crippen LogP contribution in [0.25, 0.3) is 6.08 Å². The molecule has 0 amide bonds. The van der Waals surface area contributed by atoms with Crippen LogP contribution in [-0.4, -0.2) is 11.1 Å². The lowest BCUT2D eigenvalue weighted by atomic mass is 9.79. The SMILES string of the molecule is C[C@@H](N)[C@]1(O)CC=Cc2ccccc21. The van der Waals surface area contributed by atoms with Gasteiger partial charge in [0.25, 0.3) is 0 Å². The van der Waals surface area contributed by atoms with Crippen molar-refractivity contribution in [3.05, 3.63) is 41.5 Å². The Morgan fingerprint density at radius 2 is 2.14 bits per heavy atom. The molecule has 1 aromatic rings. The van der Waals surface area contributed by atoms with Crippen LogP contribution in [0.15, 0.2) is 30.3 Å². The minimum Gasteiger partial charge on any atom is -0.383 e. The van der Waals surface area contributed by atoms with E-state index in [0.29, 0.717) is 6.42 Å². The normalized spacial score (nSPS) is 27.1. The van der Waals surface area contributed by atoms with E-state index in [9.17, 15) is 5.11 Å². The summed E-state index contributed by atoms with van der Waals surface area (Å²) < 4.78 is 0. The molecule has 14 heavy (non-hydrogen) atoms. The van der Waals surface area contributed by atoms with Crippen molar-refractivity contribution in [1.29, 1.82) is 0 Å². The van der Waals surface area contributed by atoms with Crippen LogP contribution in [0.5, 0.6) is 0 Å². The standard InChI is InChI=1S/C12H15NO/c1-9(13)12(14)8-4-6-10-5-2-3-7-11(10)12/h2-7,9,14H,8,13H2,1H3/t9-,12-/m1/s1. The molecular weight excluding hydrogens is 174 g/mol. The molecule has 0 bridgehead atoms. The third kappa shape index (κ3) is 1.27. The van der Waals surface area contributed by atoms with E-state index < -0.39 is 5.60 Å². The van der Waals surface area contributed by atoms with Gasteiger partial charge in [0.2, 0.25) is 0 Å². The lowest BCUT2D eigenvalue weighted by Crippen LogP contribution is -2.44. The summed E-state index contributed by atoms with van der Waals surface area (Å²) in [6.07, 6.45) is 4.61. The molecule has 2 atom stereocenters. The Bertz CT molecular complexity index is 370. The van der Waals surface area contributed by atoms with Crippen LogP contribution in [0, 0.1) is 0 Å². The predicted molar refractivity (Wildman–Crippen MR) is 57.6 cm³/mol. The summed E-state index contributed by atoms with van der Waals surface area (Å²) in [4.78, 5) is 0. The van der Waals surface area contributed by atoms with E-state index in [2.05, 4.69) is 0 Å². The van der Waals surface area contributed by atoms with Crippen molar-refractivity contribution in [3.63, 3.8) is 0 Å². The predicted octanol–water partition coefficient (Wildman–Crippen LogP) is 1.64. The summed E-state index contributed by atoms with van der Waals surface area (Å²) in [6, 6.07) is 7.59. The monoisotopic (exact) mass is 189 g/mol. The number of nitrogens with two attached hydrogens (primary N) is 1. The molecule has 74 valence electrons. The maximum Gasteiger partial charge on any atom is 0.108 e. The maximum absolute atomic E-state index is 10.4. The quantitative estimate of drug-likeness (QED) is 0.705. The van der Waals surface area contributed by atoms with Crippen molar-refractivity contribution < 1.29 is 5.11 Å². The van der Waals surface area contributed by atoms with Gasteiger partial charge in [0.1, 0.15) is 5.60 Å². The van der Waals surface area contributed by atoms with E-state index in [1.54, 1.807) is 0 Å². The molecule has 0 fully saturated rings.